The molecule has 1 aromatic rings. The van der Waals surface area contributed by atoms with Crippen molar-refractivity contribution >= 4 is 5.97 Å². The third-order valence-corrected chi connectivity index (χ3v) is 2.46. The molecule has 0 amide bonds. The minimum absolute atomic E-state index is 0.0682. The first-order chi connectivity index (χ1) is 8.30. The van der Waals surface area contributed by atoms with Crippen LogP contribution in [0.2, 0.25) is 0 Å². The average molecular weight is 262 g/mol. The summed E-state index contributed by atoms with van der Waals surface area (Å²) in [5.41, 5.74) is -2.94. The number of esters is 1. The molecule has 0 aliphatic rings. The lowest BCUT2D eigenvalue weighted by Crippen LogP contribution is -2.41. The highest BCUT2D eigenvalue weighted by Crippen LogP contribution is 2.30. The number of carbonyl (C=O) groups is 1. The van der Waals surface area contributed by atoms with Gasteiger partial charge in [0.25, 0.3) is 0 Å². The van der Waals surface area contributed by atoms with Crippen LogP contribution < -0.4 is 0 Å². The lowest BCUT2D eigenvalue weighted by atomic mass is 9.90. The molecule has 2 atom stereocenters. The molecule has 0 aliphatic carbocycles. The van der Waals surface area contributed by atoms with Gasteiger partial charge in [-0.3, -0.25) is 0 Å². The van der Waals surface area contributed by atoms with Crippen molar-refractivity contribution < 1.29 is 27.8 Å². The number of hydrogen-bond donors (Lipinski definition) is 1. The zero-order valence-electron chi connectivity index (χ0n) is 9.91. The zero-order valence-corrected chi connectivity index (χ0v) is 9.91. The quantitative estimate of drug-likeness (QED) is 0.845. The molecule has 18 heavy (non-hydrogen) atoms. The smallest absolute Gasteiger partial charge is 0.344 e. The SMILES string of the molecule is CCOC(=O)C(F)C(C)(O)c1ccc(F)cc1F. The monoisotopic (exact) mass is 262 g/mol. The van der Waals surface area contributed by atoms with Gasteiger partial charge in [0, 0.05) is 11.6 Å². The molecule has 2 unspecified atom stereocenters. The van der Waals surface area contributed by atoms with Crippen molar-refractivity contribution in [2.45, 2.75) is 25.6 Å². The van der Waals surface area contributed by atoms with E-state index in [-0.39, 0.29) is 6.61 Å². The van der Waals surface area contributed by atoms with Gasteiger partial charge in [-0.1, -0.05) is 6.07 Å². The molecule has 100 valence electrons. The van der Waals surface area contributed by atoms with E-state index in [0.717, 1.165) is 19.1 Å². The Morgan fingerprint density at radius 1 is 1.50 bits per heavy atom. The lowest BCUT2D eigenvalue weighted by Gasteiger charge is -2.26. The third-order valence-electron chi connectivity index (χ3n) is 2.46. The number of hydrogen-bond acceptors (Lipinski definition) is 3. The summed E-state index contributed by atoms with van der Waals surface area (Å²) in [5.74, 6) is -3.29. The molecule has 0 aliphatic heterocycles. The van der Waals surface area contributed by atoms with Gasteiger partial charge < -0.3 is 9.84 Å². The molecule has 0 fully saturated rings. The van der Waals surface area contributed by atoms with E-state index in [4.69, 9.17) is 0 Å². The fourth-order valence-electron chi connectivity index (χ4n) is 1.48. The molecule has 0 heterocycles. The Morgan fingerprint density at radius 2 is 2.11 bits per heavy atom. The van der Waals surface area contributed by atoms with Crippen LogP contribution in [0.1, 0.15) is 19.4 Å². The van der Waals surface area contributed by atoms with Crippen LogP contribution in [0.25, 0.3) is 0 Å². The topological polar surface area (TPSA) is 46.5 Å². The first-order valence-electron chi connectivity index (χ1n) is 5.29. The Kier molecular flexibility index (Phi) is 4.34. The van der Waals surface area contributed by atoms with Gasteiger partial charge in [-0.15, -0.1) is 0 Å². The molecular weight excluding hydrogens is 249 g/mol. The van der Waals surface area contributed by atoms with Crippen LogP contribution in [0.4, 0.5) is 13.2 Å². The molecule has 1 N–H and O–H groups in total. The van der Waals surface area contributed by atoms with Gasteiger partial charge in [0.05, 0.1) is 6.61 Å². The highest BCUT2D eigenvalue weighted by molar-refractivity contribution is 5.76. The molecular formula is C12H13F3O3. The lowest BCUT2D eigenvalue weighted by molar-refractivity contribution is -0.160. The van der Waals surface area contributed by atoms with Gasteiger partial charge >= 0.3 is 5.97 Å². The molecule has 1 rings (SSSR count). The highest BCUT2D eigenvalue weighted by atomic mass is 19.1. The van der Waals surface area contributed by atoms with Crippen LogP contribution in [0.5, 0.6) is 0 Å². The van der Waals surface area contributed by atoms with Gasteiger partial charge in [-0.2, -0.15) is 0 Å². The van der Waals surface area contributed by atoms with Crippen molar-refractivity contribution in [3.63, 3.8) is 0 Å². The molecule has 1 aromatic carbocycles. The van der Waals surface area contributed by atoms with Gasteiger partial charge in [0.1, 0.15) is 17.2 Å². The van der Waals surface area contributed by atoms with Gasteiger partial charge in [0.15, 0.2) is 0 Å². The Labute approximate surface area is 102 Å². The average Bonchev–Trinajstić information content (AvgIpc) is 2.27. The van der Waals surface area contributed by atoms with Crippen molar-refractivity contribution in [1.82, 2.24) is 0 Å². The molecule has 0 saturated heterocycles. The van der Waals surface area contributed by atoms with Crippen LogP contribution in [0.3, 0.4) is 0 Å². The summed E-state index contributed by atoms with van der Waals surface area (Å²) < 4.78 is 44.3. The second-order valence-corrected chi connectivity index (χ2v) is 3.89. The van der Waals surface area contributed by atoms with Gasteiger partial charge in [-0.05, 0) is 19.9 Å². The Morgan fingerprint density at radius 3 is 2.61 bits per heavy atom. The standard InChI is InChI=1S/C12H13F3O3/c1-3-18-11(16)10(15)12(2,17)8-5-4-7(13)6-9(8)14/h4-6,10,17H,3H2,1-2H3. The number of carbonyl (C=O) groups excluding carboxylic acids is 1. The van der Waals surface area contributed by atoms with Crippen LogP contribution in [-0.2, 0) is 15.1 Å². The van der Waals surface area contributed by atoms with Crippen molar-refractivity contribution in [2.24, 2.45) is 0 Å². The summed E-state index contributed by atoms with van der Waals surface area (Å²) in [4.78, 5) is 11.2. The summed E-state index contributed by atoms with van der Waals surface area (Å²) in [7, 11) is 0. The number of ether oxygens (including phenoxy) is 1. The number of rotatable bonds is 4. The van der Waals surface area contributed by atoms with E-state index in [0.29, 0.717) is 6.07 Å². The van der Waals surface area contributed by atoms with E-state index >= 15 is 0 Å². The molecule has 3 nitrogen and oxygen atoms in total. The summed E-state index contributed by atoms with van der Waals surface area (Å²) in [5, 5.41) is 9.88. The largest absolute Gasteiger partial charge is 0.464 e. The summed E-state index contributed by atoms with van der Waals surface area (Å²) in [6.45, 7) is 2.32. The fourth-order valence-corrected chi connectivity index (χ4v) is 1.48. The van der Waals surface area contributed by atoms with Crippen LogP contribution >= 0.6 is 0 Å². The first-order valence-corrected chi connectivity index (χ1v) is 5.29. The zero-order chi connectivity index (χ0) is 13.9. The second kappa shape index (κ2) is 5.39. The van der Waals surface area contributed by atoms with E-state index < -0.39 is 34.9 Å². The van der Waals surface area contributed by atoms with E-state index in [1.54, 1.807) is 0 Å². The summed E-state index contributed by atoms with van der Waals surface area (Å²) in [6.07, 6.45) is -2.46. The van der Waals surface area contributed by atoms with Crippen molar-refractivity contribution in [1.29, 1.82) is 0 Å². The van der Waals surface area contributed by atoms with E-state index in [2.05, 4.69) is 4.74 Å². The van der Waals surface area contributed by atoms with E-state index in [1.807, 2.05) is 0 Å². The number of alkyl halides is 1. The van der Waals surface area contributed by atoms with Crippen LogP contribution in [-0.4, -0.2) is 23.9 Å². The van der Waals surface area contributed by atoms with Crippen LogP contribution in [0.15, 0.2) is 18.2 Å². The first kappa shape index (κ1) is 14.5. The molecule has 0 aromatic heterocycles. The Hall–Kier alpha value is -1.56. The number of benzene rings is 1. The molecule has 0 spiro atoms. The maximum atomic E-state index is 13.7. The van der Waals surface area contributed by atoms with Crippen LogP contribution in [0, 0.1) is 11.6 Å². The number of aliphatic hydroxyl groups is 1. The predicted octanol–water partition coefficient (Wildman–Crippen LogP) is 2.07. The maximum Gasteiger partial charge on any atom is 0.344 e. The predicted molar refractivity (Wildman–Crippen MR) is 57.5 cm³/mol. The third kappa shape index (κ3) is 2.81. The maximum absolute atomic E-state index is 13.7. The highest BCUT2D eigenvalue weighted by Gasteiger charge is 2.42. The summed E-state index contributed by atoms with van der Waals surface area (Å²) >= 11 is 0. The van der Waals surface area contributed by atoms with E-state index in [9.17, 15) is 23.1 Å². The van der Waals surface area contributed by atoms with Crippen molar-refractivity contribution in [2.75, 3.05) is 6.61 Å². The van der Waals surface area contributed by atoms with Gasteiger partial charge in [0.2, 0.25) is 6.17 Å². The molecule has 0 saturated carbocycles. The number of halogens is 3. The fraction of sp³-hybridized carbons (Fsp3) is 0.417. The summed E-state index contributed by atoms with van der Waals surface area (Å²) in [6, 6.07) is 2.25. The molecule has 0 radical (unpaired) electrons. The normalized spacial score (nSPS) is 15.9. The van der Waals surface area contributed by atoms with E-state index in [1.165, 1.54) is 6.92 Å². The van der Waals surface area contributed by atoms with Gasteiger partial charge in [-0.25, -0.2) is 18.0 Å². The molecule has 0 bridgehead atoms. The Balaban J connectivity index is 3.08. The Bertz CT molecular complexity index is 446. The molecule has 6 heteroatoms. The van der Waals surface area contributed by atoms with Crippen molar-refractivity contribution in [3.05, 3.63) is 35.4 Å². The minimum atomic E-state index is -2.46. The minimum Gasteiger partial charge on any atom is -0.464 e. The second-order valence-electron chi connectivity index (χ2n) is 3.89. The van der Waals surface area contributed by atoms with Crippen molar-refractivity contribution in [3.8, 4) is 0 Å².